The number of rotatable bonds is 6. The van der Waals surface area contributed by atoms with E-state index in [1.54, 1.807) is 12.1 Å². The molecule has 1 aliphatic carbocycles. The Morgan fingerprint density at radius 2 is 2.30 bits per heavy atom. The van der Waals surface area contributed by atoms with Gasteiger partial charge in [0.05, 0.1) is 13.1 Å². The third-order valence-electron chi connectivity index (χ3n) is 3.22. The monoisotopic (exact) mass is 294 g/mol. The quantitative estimate of drug-likeness (QED) is 0.816. The predicted octanol–water partition coefficient (Wildman–Crippen LogP) is 2.19. The molecule has 106 valence electrons. The summed E-state index contributed by atoms with van der Waals surface area (Å²) in [6.07, 6.45) is 7.14. The molecular weight excluding hydrogens is 279 g/mol. The Morgan fingerprint density at radius 1 is 1.55 bits per heavy atom. The number of carbonyl (C=O) groups is 1. The Labute approximate surface area is 123 Å². The van der Waals surface area contributed by atoms with Crippen molar-refractivity contribution < 1.29 is 9.18 Å². The van der Waals surface area contributed by atoms with Crippen LogP contribution in [0.25, 0.3) is 0 Å². The van der Waals surface area contributed by atoms with Gasteiger partial charge in [0.15, 0.2) is 0 Å². The highest BCUT2D eigenvalue weighted by Crippen LogP contribution is 2.30. The molecule has 1 aromatic carbocycles. The summed E-state index contributed by atoms with van der Waals surface area (Å²) in [6.45, 7) is 0.744. The summed E-state index contributed by atoms with van der Waals surface area (Å²) < 4.78 is 13.8. The Bertz CT molecular complexity index is 517. The fraction of sp³-hybridized carbons (Fsp3) is 0.400. The largest absolute Gasteiger partial charge is 0.344 e. The van der Waals surface area contributed by atoms with Crippen LogP contribution in [-0.4, -0.2) is 29.9 Å². The second-order valence-corrected chi connectivity index (χ2v) is 5.22. The summed E-state index contributed by atoms with van der Waals surface area (Å²) in [5.74, 6) is 1.86. The molecule has 0 aromatic heterocycles. The molecule has 1 aliphatic rings. The topological polar surface area (TPSA) is 32.3 Å². The van der Waals surface area contributed by atoms with Crippen molar-refractivity contribution in [1.29, 1.82) is 0 Å². The van der Waals surface area contributed by atoms with Crippen LogP contribution in [0, 0.1) is 18.2 Å². The Hall–Kier alpha value is -1.57. The predicted molar refractivity (Wildman–Crippen MR) is 76.7 cm³/mol. The van der Waals surface area contributed by atoms with Gasteiger partial charge in [-0.25, -0.2) is 4.39 Å². The van der Waals surface area contributed by atoms with E-state index < -0.39 is 0 Å². The first kappa shape index (κ1) is 14.8. The van der Waals surface area contributed by atoms with Crippen LogP contribution in [0.15, 0.2) is 18.2 Å². The van der Waals surface area contributed by atoms with Gasteiger partial charge in [-0.15, -0.1) is 6.42 Å². The summed E-state index contributed by atoms with van der Waals surface area (Å²) >= 11 is 6.03. The third-order valence-corrected chi connectivity index (χ3v) is 3.57. The fourth-order valence-electron chi connectivity index (χ4n) is 2.03. The molecule has 0 unspecified atom stereocenters. The number of carbonyl (C=O) groups excluding carboxylic acids is 1. The molecule has 0 aliphatic heterocycles. The van der Waals surface area contributed by atoms with Gasteiger partial charge in [-0.3, -0.25) is 9.69 Å². The van der Waals surface area contributed by atoms with E-state index in [2.05, 4.69) is 11.2 Å². The molecule has 1 fully saturated rings. The minimum Gasteiger partial charge on any atom is -0.344 e. The SMILES string of the molecule is C#CCNC(=O)CN(Cc1c(F)cccc1Cl)C1CC1. The van der Waals surface area contributed by atoms with E-state index in [1.165, 1.54) is 6.07 Å². The van der Waals surface area contributed by atoms with E-state index in [0.29, 0.717) is 23.2 Å². The van der Waals surface area contributed by atoms with Gasteiger partial charge in [0, 0.05) is 23.2 Å². The van der Waals surface area contributed by atoms with Crippen molar-refractivity contribution in [3.05, 3.63) is 34.6 Å². The molecule has 1 aromatic rings. The molecular formula is C15H16ClFN2O. The molecule has 20 heavy (non-hydrogen) atoms. The number of hydrogen-bond acceptors (Lipinski definition) is 2. The van der Waals surface area contributed by atoms with Crippen molar-refractivity contribution in [2.24, 2.45) is 0 Å². The van der Waals surface area contributed by atoms with Crippen molar-refractivity contribution >= 4 is 17.5 Å². The zero-order chi connectivity index (χ0) is 14.5. The summed E-state index contributed by atoms with van der Waals surface area (Å²) in [5.41, 5.74) is 0.436. The Balaban J connectivity index is 2.03. The molecule has 1 amide bonds. The number of benzene rings is 1. The maximum Gasteiger partial charge on any atom is 0.234 e. The van der Waals surface area contributed by atoms with Gasteiger partial charge >= 0.3 is 0 Å². The molecule has 3 nitrogen and oxygen atoms in total. The first-order valence-corrected chi connectivity index (χ1v) is 6.86. The van der Waals surface area contributed by atoms with E-state index in [4.69, 9.17) is 18.0 Å². The van der Waals surface area contributed by atoms with Crippen LogP contribution in [0.2, 0.25) is 5.02 Å². The number of terminal acetylenes is 1. The van der Waals surface area contributed by atoms with Gasteiger partial charge in [-0.2, -0.15) is 0 Å². The minimum absolute atomic E-state index is 0.151. The highest BCUT2D eigenvalue weighted by Gasteiger charge is 2.31. The van der Waals surface area contributed by atoms with Gasteiger partial charge in [-0.1, -0.05) is 23.6 Å². The smallest absolute Gasteiger partial charge is 0.234 e. The third kappa shape index (κ3) is 3.96. The Kier molecular flexibility index (Phi) is 4.99. The summed E-state index contributed by atoms with van der Waals surface area (Å²) in [6, 6.07) is 4.93. The average Bonchev–Trinajstić information content (AvgIpc) is 3.24. The summed E-state index contributed by atoms with van der Waals surface area (Å²) in [4.78, 5) is 13.7. The lowest BCUT2D eigenvalue weighted by molar-refractivity contribution is -0.122. The second kappa shape index (κ2) is 6.74. The Morgan fingerprint density at radius 3 is 2.90 bits per heavy atom. The average molecular weight is 295 g/mol. The van der Waals surface area contributed by atoms with Gasteiger partial charge in [0.2, 0.25) is 5.91 Å². The van der Waals surface area contributed by atoms with Crippen molar-refractivity contribution in [3.63, 3.8) is 0 Å². The highest BCUT2D eigenvalue weighted by molar-refractivity contribution is 6.31. The molecule has 5 heteroatoms. The van der Waals surface area contributed by atoms with Crippen LogP contribution in [0.4, 0.5) is 4.39 Å². The minimum atomic E-state index is -0.341. The van der Waals surface area contributed by atoms with Crippen LogP contribution >= 0.6 is 11.6 Å². The molecule has 1 saturated carbocycles. The van der Waals surface area contributed by atoms with E-state index in [1.807, 2.05) is 4.90 Å². The lowest BCUT2D eigenvalue weighted by Crippen LogP contribution is -2.38. The highest BCUT2D eigenvalue weighted by atomic mass is 35.5. The van der Waals surface area contributed by atoms with Gasteiger partial charge in [0.1, 0.15) is 5.82 Å². The van der Waals surface area contributed by atoms with E-state index in [-0.39, 0.29) is 24.8 Å². The molecule has 1 N–H and O–H groups in total. The van der Waals surface area contributed by atoms with E-state index in [9.17, 15) is 9.18 Å². The van der Waals surface area contributed by atoms with Crippen molar-refractivity contribution in [1.82, 2.24) is 10.2 Å². The van der Waals surface area contributed by atoms with Crippen LogP contribution in [0.1, 0.15) is 18.4 Å². The van der Waals surface area contributed by atoms with Crippen molar-refractivity contribution in [3.8, 4) is 12.3 Å². The molecule has 0 radical (unpaired) electrons. The lowest BCUT2D eigenvalue weighted by atomic mass is 10.2. The first-order chi connectivity index (χ1) is 9.61. The first-order valence-electron chi connectivity index (χ1n) is 6.49. The van der Waals surface area contributed by atoms with E-state index in [0.717, 1.165) is 12.8 Å². The van der Waals surface area contributed by atoms with Crippen LogP contribution < -0.4 is 5.32 Å². The van der Waals surface area contributed by atoms with Crippen LogP contribution in [0.3, 0.4) is 0 Å². The molecule has 2 rings (SSSR count). The molecule has 0 spiro atoms. The molecule has 0 saturated heterocycles. The maximum atomic E-state index is 13.8. The van der Waals surface area contributed by atoms with E-state index >= 15 is 0 Å². The van der Waals surface area contributed by atoms with Crippen LogP contribution in [0.5, 0.6) is 0 Å². The standard InChI is InChI=1S/C15H16ClFN2O/c1-2-8-18-15(20)10-19(11-6-7-11)9-12-13(16)4-3-5-14(12)17/h1,3-5,11H,6-10H2,(H,18,20). The zero-order valence-electron chi connectivity index (χ0n) is 11.0. The van der Waals surface area contributed by atoms with Gasteiger partial charge in [-0.05, 0) is 25.0 Å². The van der Waals surface area contributed by atoms with Crippen molar-refractivity contribution in [2.75, 3.05) is 13.1 Å². The normalized spacial score (nSPS) is 14.1. The van der Waals surface area contributed by atoms with Gasteiger partial charge in [0.25, 0.3) is 0 Å². The molecule has 0 heterocycles. The number of nitrogens with zero attached hydrogens (tertiary/aromatic N) is 1. The number of halogens is 2. The van der Waals surface area contributed by atoms with Gasteiger partial charge < -0.3 is 5.32 Å². The maximum absolute atomic E-state index is 13.8. The number of amides is 1. The summed E-state index contributed by atoms with van der Waals surface area (Å²) in [5, 5.41) is 3.01. The van der Waals surface area contributed by atoms with Crippen LogP contribution in [-0.2, 0) is 11.3 Å². The van der Waals surface area contributed by atoms with Crippen molar-refractivity contribution in [2.45, 2.75) is 25.4 Å². The molecule has 0 atom stereocenters. The summed E-state index contributed by atoms with van der Waals surface area (Å²) in [7, 11) is 0. The fourth-order valence-corrected chi connectivity index (χ4v) is 2.25. The number of hydrogen-bond donors (Lipinski definition) is 1. The lowest BCUT2D eigenvalue weighted by Gasteiger charge is -2.22. The zero-order valence-corrected chi connectivity index (χ0v) is 11.8. The number of nitrogens with one attached hydrogen (secondary N) is 1. The molecule has 0 bridgehead atoms. The second-order valence-electron chi connectivity index (χ2n) is 4.82.